The van der Waals surface area contributed by atoms with Crippen molar-refractivity contribution in [3.05, 3.63) is 90.8 Å². The molecule has 0 saturated carbocycles. The molecule has 7 nitrogen and oxygen atoms in total. The van der Waals surface area contributed by atoms with Crippen LogP contribution >= 0.6 is 22.9 Å². The van der Waals surface area contributed by atoms with Crippen LogP contribution < -0.4 is 10.6 Å². The molecule has 1 aromatic heterocycles. The molecule has 9 heteroatoms. The highest BCUT2D eigenvalue weighted by atomic mass is 35.5. The molecule has 3 aromatic rings. The summed E-state index contributed by atoms with van der Waals surface area (Å²) in [6.45, 7) is 2.57. The number of anilines is 1. The third-order valence-corrected chi connectivity index (χ3v) is 7.13. The molecule has 31 heavy (non-hydrogen) atoms. The minimum absolute atomic E-state index is 0.0710. The maximum Gasteiger partial charge on any atom is 0.288 e. The molecule has 2 N–H and O–H groups in total. The van der Waals surface area contributed by atoms with Crippen molar-refractivity contribution in [3.63, 3.8) is 0 Å². The third-order valence-electron chi connectivity index (χ3n) is 5.66. The number of fused-ring (bicyclic) bond motifs is 3. The SMILES string of the molecule is O=C1N[C@H](c2ccc(Cl)c([N+](=O)[O-])c2)Nc2sc3c(c21)CCN(Cc1ccccc1)C3. The van der Waals surface area contributed by atoms with Crippen molar-refractivity contribution < 1.29 is 9.72 Å². The predicted octanol–water partition coefficient (Wildman–Crippen LogP) is 4.72. The molecular weight excluding hydrogens is 436 g/mol. The Kier molecular flexibility index (Phi) is 5.13. The first-order valence-corrected chi connectivity index (χ1v) is 11.1. The number of nitrogens with zero attached hydrogens (tertiary/aromatic N) is 2. The molecule has 0 unspecified atom stereocenters. The summed E-state index contributed by atoms with van der Waals surface area (Å²) in [5.74, 6) is -0.148. The van der Waals surface area contributed by atoms with Gasteiger partial charge in [-0.15, -0.1) is 11.3 Å². The first kappa shape index (κ1) is 20.0. The van der Waals surface area contributed by atoms with Crippen molar-refractivity contribution in [1.29, 1.82) is 0 Å². The Morgan fingerprint density at radius 1 is 1.19 bits per heavy atom. The van der Waals surface area contributed by atoms with E-state index in [0.29, 0.717) is 11.1 Å². The standard InChI is InChI=1S/C22H19ClN4O3S/c23-16-7-6-14(10-17(16)27(29)30)20-24-21(28)19-15-8-9-26(11-13-4-2-1-3-5-13)12-18(15)31-22(19)25-20/h1-7,10,20,25H,8-9,11-12H2,(H,24,28)/t20-/m0/s1. The molecular formula is C22H19ClN4O3S. The fraction of sp³-hybridized carbons (Fsp3) is 0.227. The Morgan fingerprint density at radius 3 is 2.77 bits per heavy atom. The molecule has 2 aliphatic heterocycles. The van der Waals surface area contributed by atoms with E-state index in [-0.39, 0.29) is 16.6 Å². The zero-order chi connectivity index (χ0) is 21.5. The number of rotatable bonds is 4. The minimum Gasteiger partial charge on any atom is -0.353 e. The summed E-state index contributed by atoms with van der Waals surface area (Å²) in [7, 11) is 0. The Labute approximate surface area is 187 Å². The van der Waals surface area contributed by atoms with Crippen LogP contribution in [-0.2, 0) is 19.5 Å². The van der Waals surface area contributed by atoms with Crippen LogP contribution in [0.1, 0.15) is 38.1 Å². The molecule has 0 bridgehead atoms. The van der Waals surface area contributed by atoms with Gasteiger partial charge in [0.25, 0.3) is 11.6 Å². The first-order chi connectivity index (χ1) is 15.0. The Bertz CT molecular complexity index is 1180. The van der Waals surface area contributed by atoms with Crippen molar-refractivity contribution in [1.82, 2.24) is 10.2 Å². The van der Waals surface area contributed by atoms with Gasteiger partial charge in [0.2, 0.25) is 0 Å². The first-order valence-electron chi connectivity index (χ1n) is 9.91. The van der Waals surface area contributed by atoms with Crippen LogP contribution in [0.2, 0.25) is 5.02 Å². The van der Waals surface area contributed by atoms with Gasteiger partial charge in [-0.1, -0.05) is 48.0 Å². The van der Waals surface area contributed by atoms with E-state index in [9.17, 15) is 14.9 Å². The van der Waals surface area contributed by atoms with Crippen LogP contribution in [0.25, 0.3) is 0 Å². The molecule has 2 aliphatic rings. The molecule has 0 radical (unpaired) electrons. The van der Waals surface area contributed by atoms with Crippen molar-refractivity contribution in [2.24, 2.45) is 0 Å². The number of amides is 1. The van der Waals surface area contributed by atoms with Crippen LogP contribution in [0.5, 0.6) is 0 Å². The summed E-state index contributed by atoms with van der Waals surface area (Å²) < 4.78 is 0. The second kappa shape index (κ2) is 7.96. The van der Waals surface area contributed by atoms with E-state index in [1.807, 2.05) is 18.2 Å². The smallest absolute Gasteiger partial charge is 0.288 e. The van der Waals surface area contributed by atoms with Crippen molar-refractivity contribution in [2.75, 3.05) is 11.9 Å². The van der Waals surface area contributed by atoms with E-state index in [2.05, 4.69) is 27.7 Å². The maximum absolute atomic E-state index is 12.9. The lowest BCUT2D eigenvalue weighted by molar-refractivity contribution is -0.384. The van der Waals surface area contributed by atoms with E-state index < -0.39 is 11.1 Å². The fourth-order valence-corrected chi connectivity index (χ4v) is 5.66. The van der Waals surface area contributed by atoms with Gasteiger partial charge < -0.3 is 10.6 Å². The van der Waals surface area contributed by atoms with Gasteiger partial charge in [-0.3, -0.25) is 19.8 Å². The second-order valence-corrected chi connectivity index (χ2v) is 9.19. The van der Waals surface area contributed by atoms with Crippen LogP contribution in [0.3, 0.4) is 0 Å². The number of thiophene rings is 1. The fourth-order valence-electron chi connectivity index (χ4n) is 4.16. The van der Waals surface area contributed by atoms with Gasteiger partial charge in [0.15, 0.2) is 0 Å². The van der Waals surface area contributed by atoms with Crippen LogP contribution in [0, 0.1) is 10.1 Å². The number of hydrogen-bond donors (Lipinski definition) is 2. The zero-order valence-corrected chi connectivity index (χ0v) is 18.0. The normalized spacial score (nSPS) is 18.0. The number of benzene rings is 2. The molecule has 2 aromatic carbocycles. The second-order valence-electron chi connectivity index (χ2n) is 7.67. The van der Waals surface area contributed by atoms with Crippen molar-refractivity contribution in [3.8, 4) is 0 Å². The third kappa shape index (κ3) is 3.78. The highest BCUT2D eigenvalue weighted by Crippen LogP contribution is 2.41. The van der Waals surface area contributed by atoms with E-state index in [1.54, 1.807) is 17.4 Å². The average molecular weight is 455 g/mol. The number of halogens is 1. The molecule has 0 fully saturated rings. The Hall–Kier alpha value is -2.94. The van der Waals surface area contributed by atoms with Gasteiger partial charge in [-0.2, -0.15) is 0 Å². The summed E-state index contributed by atoms with van der Waals surface area (Å²) in [5, 5.41) is 18.4. The number of nitro groups is 1. The van der Waals surface area contributed by atoms with E-state index >= 15 is 0 Å². The summed E-state index contributed by atoms with van der Waals surface area (Å²) in [4.78, 5) is 27.2. The molecule has 1 amide bonds. The van der Waals surface area contributed by atoms with Gasteiger partial charge in [-0.25, -0.2) is 0 Å². The van der Waals surface area contributed by atoms with Gasteiger partial charge in [0.1, 0.15) is 16.2 Å². The van der Waals surface area contributed by atoms with Gasteiger partial charge >= 0.3 is 0 Å². The Morgan fingerprint density at radius 2 is 2.00 bits per heavy atom. The van der Waals surface area contributed by atoms with Gasteiger partial charge in [-0.05, 0) is 23.6 Å². The number of nitro benzene ring substituents is 1. The molecule has 1 atom stereocenters. The topological polar surface area (TPSA) is 87.5 Å². The van der Waals surface area contributed by atoms with E-state index in [0.717, 1.165) is 36.6 Å². The monoisotopic (exact) mass is 454 g/mol. The highest BCUT2D eigenvalue weighted by Gasteiger charge is 2.34. The molecule has 5 rings (SSSR count). The zero-order valence-electron chi connectivity index (χ0n) is 16.4. The average Bonchev–Trinajstić information content (AvgIpc) is 3.12. The van der Waals surface area contributed by atoms with Crippen LogP contribution in [0.4, 0.5) is 10.7 Å². The van der Waals surface area contributed by atoms with Crippen LogP contribution in [-0.4, -0.2) is 22.3 Å². The lowest BCUT2D eigenvalue weighted by Gasteiger charge is -2.28. The molecule has 158 valence electrons. The predicted molar refractivity (Wildman–Crippen MR) is 121 cm³/mol. The Balaban J connectivity index is 1.39. The van der Waals surface area contributed by atoms with Gasteiger partial charge in [0, 0.05) is 36.1 Å². The van der Waals surface area contributed by atoms with Crippen molar-refractivity contribution >= 4 is 39.5 Å². The highest BCUT2D eigenvalue weighted by molar-refractivity contribution is 7.16. The summed E-state index contributed by atoms with van der Waals surface area (Å²) in [6.07, 6.45) is 0.275. The molecule has 3 heterocycles. The quantitative estimate of drug-likeness (QED) is 0.440. The number of hydrogen-bond acceptors (Lipinski definition) is 6. The lowest BCUT2D eigenvalue weighted by Crippen LogP contribution is -2.38. The van der Waals surface area contributed by atoms with Crippen LogP contribution in [0.15, 0.2) is 48.5 Å². The largest absolute Gasteiger partial charge is 0.353 e. The summed E-state index contributed by atoms with van der Waals surface area (Å²) in [6, 6.07) is 14.9. The molecule has 0 aliphatic carbocycles. The van der Waals surface area contributed by atoms with Gasteiger partial charge in [0.05, 0.1) is 10.5 Å². The number of nitrogens with one attached hydrogen (secondary N) is 2. The maximum atomic E-state index is 12.9. The number of carbonyl (C=O) groups is 1. The molecule has 0 spiro atoms. The van der Waals surface area contributed by atoms with E-state index in [4.69, 9.17) is 11.6 Å². The minimum atomic E-state index is -0.545. The lowest BCUT2D eigenvalue weighted by atomic mass is 10.00. The van der Waals surface area contributed by atoms with Crippen molar-refractivity contribution in [2.45, 2.75) is 25.7 Å². The van der Waals surface area contributed by atoms with E-state index in [1.165, 1.54) is 22.6 Å². The number of carbonyl (C=O) groups excluding carboxylic acids is 1. The molecule has 0 saturated heterocycles. The summed E-state index contributed by atoms with van der Waals surface area (Å²) in [5.41, 5.74) is 3.50. The summed E-state index contributed by atoms with van der Waals surface area (Å²) >= 11 is 7.52.